The molecule has 12 nitrogen and oxygen atoms in total. The number of esters is 2. The molecule has 0 aromatic heterocycles. The highest BCUT2D eigenvalue weighted by Crippen LogP contribution is 2.14. The monoisotopic (exact) mass is 746 g/mol. The van der Waals surface area contributed by atoms with Crippen molar-refractivity contribution in [2.45, 2.75) is 62.2 Å². The minimum Gasteiger partial charge on any atom is -0.462 e. The molecule has 0 fully saturated rings. The fourth-order valence-corrected chi connectivity index (χ4v) is 6.48. The van der Waals surface area contributed by atoms with E-state index in [0.29, 0.717) is 48.2 Å². The van der Waals surface area contributed by atoms with Crippen molar-refractivity contribution in [1.29, 1.82) is 0 Å². The average molecular weight is 747 g/mol. The molecule has 0 aliphatic rings. The minimum absolute atomic E-state index is 0.0414. The molecular formula is C38H42N4O8S2. The molecule has 0 spiro atoms. The van der Waals surface area contributed by atoms with E-state index < -0.39 is 32.0 Å². The van der Waals surface area contributed by atoms with Crippen molar-refractivity contribution in [3.05, 3.63) is 131 Å². The van der Waals surface area contributed by atoms with E-state index in [1.165, 1.54) is 24.3 Å². The van der Waals surface area contributed by atoms with Gasteiger partial charge in [-0.15, -0.1) is 0 Å². The van der Waals surface area contributed by atoms with Gasteiger partial charge in [0.05, 0.1) is 21.2 Å². The minimum atomic E-state index is -3.89. The van der Waals surface area contributed by atoms with E-state index in [1.807, 2.05) is 50.2 Å². The van der Waals surface area contributed by atoms with Crippen LogP contribution in [0.1, 0.15) is 60.8 Å². The SMILES string of the molecule is Cc1ccc(S(=O)(=O)N/N=C(/CCCC(=O)OCCOC(=O)CCC/C(=N/NS(=O)(=O)c2ccc(C)cc2)c2ccccc2)c2ccccc2)cc1. The number of sulfonamides is 2. The van der Waals surface area contributed by atoms with Crippen LogP contribution in [-0.4, -0.2) is 53.4 Å². The van der Waals surface area contributed by atoms with Gasteiger partial charge in [-0.1, -0.05) is 96.1 Å². The summed E-state index contributed by atoms with van der Waals surface area (Å²) in [4.78, 5) is 29.5. The first kappa shape index (κ1) is 39.4. The third-order valence-corrected chi connectivity index (χ3v) is 10.1. The van der Waals surface area contributed by atoms with Crippen LogP contribution in [0, 0.1) is 13.8 Å². The Labute approximate surface area is 305 Å². The molecule has 0 atom stereocenters. The summed E-state index contributed by atoms with van der Waals surface area (Å²) >= 11 is 0. The second-order valence-corrected chi connectivity index (χ2v) is 15.1. The molecule has 4 aromatic carbocycles. The highest BCUT2D eigenvalue weighted by atomic mass is 32.2. The molecule has 0 heterocycles. The van der Waals surface area contributed by atoms with Gasteiger partial charge in [0.15, 0.2) is 0 Å². The van der Waals surface area contributed by atoms with Gasteiger partial charge in [-0.25, -0.2) is 0 Å². The summed E-state index contributed by atoms with van der Waals surface area (Å²) in [5, 5.41) is 8.35. The predicted molar refractivity (Wildman–Crippen MR) is 199 cm³/mol. The first-order valence-corrected chi connectivity index (χ1v) is 19.6. The zero-order chi connectivity index (χ0) is 37.4. The largest absolute Gasteiger partial charge is 0.462 e. The van der Waals surface area contributed by atoms with E-state index in [2.05, 4.69) is 19.9 Å². The molecule has 0 bridgehead atoms. The van der Waals surface area contributed by atoms with E-state index in [4.69, 9.17) is 9.47 Å². The van der Waals surface area contributed by atoms with Crippen LogP contribution in [-0.2, 0) is 39.1 Å². The second kappa shape index (κ2) is 19.3. The highest BCUT2D eigenvalue weighted by Gasteiger charge is 2.16. The van der Waals surface area contributed by atoms with Gasteiger partial charge in [0.2, 0.25) is 0 Å². The Hall–Kier alpha value is -5.34. The first-order chi connectivity index (χ1) is 24.9. The standard InChI is InChI=1S/C38H42N4O8S2/c1-29-19-23-33(24-20-29)51(45,46)41-39-35(31-11-5-3-6-12-31)15-9-17-37(43)49-27-28-50-38(44)18-10-16-36(32-13-7-4-8-14-32)40-42-52(47,48)34-25-21-30(2)22-26-34/h3-8,11-14,19-26,41-42H,9-10,15-18,27-28H2,1-2H3/b39-35-,40-36-. The number of nitrogens with one attached hydrogen (secondary N) is 2. The number of hydrogen-bond acceptors (Lipinski definition) is 10. The summed E-state index contributed by atoms with van der Waals surface area (Å²) in [6, 6.07) is 30.9. The maximum Gasteiger partial charge on any atom is 0.305 e. The van der Waals surface area contributed by atoms with Gasteiger partial charge in [-0.3, -0.25) is 9.59 Å². The van der Waals surface area contributed by atoms with E-state index in [0.717, 1.165) is 11.1 Å². The summed E-state index contributed by atoms with van der Waals surface area (Å²) in [6.07, 6.45) is 1.36. The maximum atomic E-state index is 12.8. The zero-order valence-corrected chi connectivity index (χ0v) is 30.7. The van der Waals surface area contributed by atoms with Gasteiger partial charge < -0.3 is 9.47 Å². The molecule has 0 aliphatic carbocycles. The van der Waals surface area contributed by atoms with E-state index in [-0.39, 0.29) is 35.8 Å². The first-order valence-electron chi connectivity index (χ1n) is 16.6. The number of aryl methyl sites for hydroxylation is 2. The highest BCUT2D eigenvalue weighted by molar-refractivity contribution is 7.89. The second-order valence-electron chi connectivity index (χ2n) is 11.8. The number of hydrogen-bond donors (Lipinski definition) is 2. The van der Waals surface area contributed by atoms with Gasteiger partial charge in [0, 0.05) is 12.8 Å². The number of nitrogens with zero attached hydrogens (tertiary/aromatic N) is 2. The number of carbonyl (C=O) groups is 2. The van der Waals surface area contributed by atoms with Crippen molar-refractivity contribution in [2.24, 2.45) is 10.2 Å². The number of ether oxygens (including phenoxy) is 2. The summed E-state index contributed by atoms with van der Waals surface area (Å²) in [6.45, 7) is 3.47. The number of benzene rings is 4. The molecule has 4 aromatic rings. The fourth-order valence-electron chi connectivity index (χ4n) is 4.82. The third kappa shape index (κ3) is 12.8. The maximum absolute atomic E-state index is 12.8. The Balaban J connectivity index is 1.20. The Morgan fingerprint density at radius 1 is 0.519 bits per heavy atom. The van der Waals surface area contributed by atoms with Crippen LogP contribution in [0.5, 0.6) is 0 Å². The number of rotatable bonds is 19. The van der Waals surface area contributed by atoms with Crippen molar-refractivity contribution in [3.63, 3.8) is 0 Å². The van der Waals surface area contributed by atoms with Crippen molar-refractivity contribution >= 4 is 43.4 Å². The third-order valence-electron chi connectivity index (χ3n) is 7.68. The van der Waals surface area contributed by atoms with Crippen LogP contribution in [0.15, 0.2) is 129 Å². The lowest BCUT2D eigenvalue weighted by Crippen LogP contribution is -2.21. The van der Waals surface area contributed by atoms with Crippen LogP contribution in [0.3, 0.4) is 0 Å². The number of carbonyl (C=O) groups excluding carboxylic acids is 2. The van der Waals surface area contributed by atoms with Crippen LogP contribution in [0.4, 0.5) is 0 Å². The quantitative estimate of drug-likeness (QED) is 0.0526. The van der Waals surface area contributed by atoms with Crippen LogP contribution in [0.2, 0.25) is 0 Å². The fraction of sp³-hybridized carbons (Fsp3) is 0.263. The van der Waals surface area contributed by atoms with Crippen molar-refractivity contribution in [1.82, 2.24) is 9.66 Å². The summed E-state index contributed by atoms with van der Waals surface area (Å²) < 4.78 is 61.5. The molecule has 274 valence electrons. The van der Waals surface area contributed by atoms with E-state index >= 15 is 0 Å². The van der Waals surface area contributed by atoms with E-state index in [1.54, 1.807) is 48.5 Å². The van der Waals surface area contributed by atoms with Gasteiger partial charge >= 0.3 is 11.9 Å². The van der Waals surface area contributed by atoms with Crippen molar-refractivity contribution < 1.29 is 35.9 Å². The Kier molecular flexibility index (Phi) is 14.7. The van der Waals surface area contributed by atoms with Crippen molar-refractivity contribution in [2.75, 3.05) is 13.2 Å². The molecule has 14 heteroatoms. The molecular weight excluding hydrogens is 705 g/mol. The molecule has 0 radical (unpaired) electrons. The smallest absolute Gasteiger partial charge is 0.305 e. The normalized spacial score (nSPS) is 12.2. The topological polar surface area (TPSA) is 170 Å². The lowest BCUT2D eigenvalue weighted by Gasteiger charge is -2.10. The molecule has 4 rings (SSSR count). The van der Waals surface area contributed by atoms with Crippen LogP contribution in [0.25, 0.3) is 0 Å². The van der Waals surface area contributed by atoms with Gasteiger partial charge in [0.1, 0.15) is 13.2 Å². The average Bonchev–Trinajstić information content (AvgIpc) is 3.14. The van der Waals surface area contributed by atoms with Gasteiger partial charge in [-0.05, 0) is 74.9 Å². The van der Waals surface area contributed by atoms with E-state index in [9.17, 15) is 26.4 Å². The van der Waals surface area contributed by atoms with Gasteiger partial charge in [-0.2, -0.15) is 36.7 Å². The Bertz CT molecular complexity index is 1900. The Morgan fingerprint density at radius 3 is 1.21 bits per heavy atom. The van der Waals surface area contributed by atoms with Gasteiger partial charge in [0.25, 0.3) is 20.0 Å². The summed E-state index contributed by atoms with van der Waals surface area (Å²) in [7, 11) is -7.77. The number of hydrazone groups is 2. The molecule has 2 N–H and O–H groups in total. The lowest BCUT2D eigenvalue weighted by atomic mass is 10.0. The molecule has 52 heavy (non-hydrogen) atoms. The van der Waals surface area contributed by atoms with Crippen LogP contribution < -0.4 is 9.66 Å². The summed E-state index contributed by atoms with van der Waals surface area (Å²) in [5.41, 5.74) is 4.19. The molecule has 0 amide bonds. The molecule has 0 saturated carbocycles. The zero-order valence-electron chi connectivity index (χ0n) is 29.0. The van der Waals surface area contributed by atoms with Crippen LogP contribution >= 0.6 is 0 Å². The lowest BCUT2D eigenvalue weighted by molar-refractivity contribution is -0.152. The Morgan fingerprint density at radius 2 is 0.865 bits per heavy atom. The predicted octanol–water partition coefficient (Wildman–Crippen LogP) is 5.80. The van der Waals surface area contributed by atoms with Crippen molar-refractivity contribution in [3.8, 4) is 0 Å². The molecule has 0 aliphatic heterocycles. The summed E-state index contributed by atoms with van der Waals surface area (Å²) in [5.74, 6) is -0.999. The molecule has 0 unspecified atom stereocenters. The molecule has 0 saturated heterocycles.